The molecule has 0 bridgehead atoms. The van der Waals surface area contributed by atoms with Crippen LogP contribution in [0.1, 0.15) is 25.0 Å². The molecule has 1 aromatic heterocycles. The summed E-state index contributed by atoms with van der Waals surface area (Å²) in [5, 5.41) is 5.80. The van der Waals surface area contributed by atoms with Crippen LogP contribution in [0.5, 0.6) is 5.75 Å². The molecular weight excluding hydrogens is 529 g/mol. The molecule has 38 heavy (non-hydrogen) atoms. The summed E-state index contributed by atoms with van der Waals surface area (Å²) in [7, 11) is -0.990. The van der Waals surface area contributed by atoms with E-state index in [4.69, 9.17) is 19.9 Å². The number of ether oxygens (including phenoxy) is 3. The fraction of sp³-hybridized carbons (Fsp3) is 0.522. The maximum Gasteiger partial charge on any atom is 0.418 e. The quantitative estimate of drug-likeness (QED) is 0.405. The van der Waals surface area contributed by atoms with Crippen molar-refractivity contribution in [2.24, 2.45) is 16.1 Å². The van der Waals surface area contributed by atoms with Gasteiger partial charge < -0.3 is 35.6 Å². The normalized spacial score (nSPS) is 20.9. The van der Waals surface area contributed by atoms with Crippen LogP contribution in [0.4, 0.5) is 24.7 Å². The van der Waals surface area contributed by atoms with Gasteiger partial charge in [0.1, 0.15) is 17.2 Å². The van der Waals surface area contributed by atoms with Crippen LogP contribution in [0, 0.1) is 5.41 Å². The number of sulfonamides is 1. The molecule has 1 saturated heterocycles. The predicted molar refractivity (Wildman–Crippen MR) is 135 cm³/mol. The molecule has 0 radical (unpaired) electrons. The molecule has 2 aliphatic heterocycles. The van der Waals surface area contributed by atoms with Crippen molar-refractivity contribution >= 4 is 27.5 Å². The Kier molecular flexibility index (Phi) is 7.44. The van der Waals surface area contributed by atoms with Gasteiger partial charge in [0.2, 0.25) is 16.0 Å². The number of fused-ring (bicyclic) bond motifs is 1. The molecule has 0 aliphatic carbocycles. The van der Waals surface area contributed by atoms with Crippen molar-refractivity contribution in [1.82, 2.24) is 9.29 Å². The molecule has 2 aromatic rings. The zero-order valence-corrected chi connectivity index (χ0v) is 22.2. The zero-order valence-electron chi connectivity index (χ0n) is 21.4. The number of aliphatic imine (C=N–C) groups is 1. The number of nitrogens with two attached hydrogens (primary N) is 1. The summed E-state index contributed by atoms with van der Waals surface area (Å²) in [4.78, 5) is 7.12. The summed E-state index contributed by atoms with van der Waals surface area (Å²) in [5.41, 5.74) is 2.87. The molecule has 11 nitrogen and oxygen atoms in total. The zero-order chi connectivity index (χ0) is 27.9. The van der Waals surface area contributed by atoms with Crippen LogP contribution >= 0.6 is 0 Å². The van der Waals surface area contributed by atoms with E-state index < -0.39 is 32.8 Å². The van der Waals surface area contributed by atoms with Crippen LogP contribution in [0.3, 0.4) is 0 Å². The van der Waals surface area contributed by atoms with Crippen LogP contribution in [-0.2, 0) is 31.3 Å². The Morgan fingerprint density at radius 2 is 1.92 bits per heavy atom. The van der Waals surface area contributed by atoms with E-state index >= 15 is 0 Å². The number of benzene rings is 1. The molecular formula is C23H31F3N6O5S. The Balaban J connectivity index is 1.72. The minimum Gasteiger partial charge on any atom is -0.495 e. The number of nitrogens with one attached hydrogen (secondary N) is 3. The monoisotopic (exact) mass is 560 g/mol. The standard InChI is InChI=1S/C23H31F3N6O5S/c1-21(2,13-35-3)22(27)18-15(23(24,25)26)12-28-19(18)30-20(31-22)29-16-6-5-14(11-17(16)36-4)38(33,34)32-7-9-37-10-8-32/h5-6,11-12,28H,7-10,13,27H2,1-4H3,(H2,29,30,31). The lowest BCUT2D eigenvalue weighted by Crippen LogP contribution is -2.54. The molecule has 1 fully saturated rings. The van der Waals surface area contributed by atoms with Crippen molar-refractivity contribution < 1.29 is 35.8 Å². The Bertz CT molecular complexity index is 1320. The third kappa shape index (κ3) is 4.96. The number of rotatable bonds is 7. The number of methoxy groups -OCH3 is 2. The maximum absolute atomic E-state index is 13.9. The van der Waals surface area contributed by atoms with Crippen LogP contribution in [0.2, 0.25) is 0 Å². The smallest absolute Gasteiger partial charge is 0.418 e. The van der Waals surface area contributed by atoms with E-state index in [1.807, 2.05) is 0 Å². The van der Waals surface area contributed by atoms with Crippen LogP contribution in [0.15, 0.2) is 34.3 Å². The molecule has 2 aliphatic rings. The largest absolute Gasteiger partial charge is 0.495 e. The lowest BCUT2D eigenvalue weighted by Gasteiger charge is -2.43. The lowest BCUT2D eigenvalue weighted by molar-refractivity contribution is -0.139. The number of aromatic amines is 1. The lowest BCUT2D eigenvalue weighted by atomic mass is 9.74. The van der Waals surface area contributed by atoms with Crippen LogP contribution < -0.4 is 21.1 Å². The third-order valence-electron chi connectivity index (χ3n) is 6.67. The highest BCUT2D eigenvalue weighted by Crippen LogP contribution is 2.49. The number of alkyl halides is 3. The Morgan fingerprint density at radius 1 is 1.24 bits per heavy atom. The molecule has 0 saturated carbocycles. The van der Waals surface area contributed by atoms with E-state index in [0.717, 1.165) is 6.20 Å². The second-order valence-corrected chi connectivity index (χ2v) is 11.6. The van der Waals surface area contributed by atoms with Crippen molar-refractivity contribution in [3.05, 3.63) is 35.5 Å². The van der Waals surface area contributed by atoms with Gasteiger partial charge >= 0.3 is 6.18 Å². The van der Waals surface area contributed by atoms with Crippen LogP contribution in [-0.4, -0.2) is 70.8 Å². The highest BCUT2D eigenvalue weighted by molar-refractivity contribution is 7.89. The number of aromatic nitrogens is 1. The first-order valence-corrected chi connectivity index (χ1v) is 13.2. The summed E-state index contributed by atoms with van der Waals surface area (Å²) in [6, 6.07) is 4.26. The number of halogens is 3. The molecule has 0 amide bonds. The van der Waals surface area contributed by atoms with Gasteiger partial charge in [0.25, 0.3) is 0 Å². The van der Waals surface area contributed by atoms with Gasteiger partial charge in [-0.05, 0) is 12.1 Å². The minimum atomic E-state index is -4.68. The highest BCUT2D eigenvalue weighted by Gasteiger charge is 2.53. The van der Waals surface area contributed by atoms with Gasteiger partial charge in [0, 0.05) is 43.4 Å². The van der Waals surface area contributed by atoms with E-state index in [2.05, 4.69) is 20.6 Å². The summed E-state index contributed by atoms with van der Waals surface area (Å²) in [6.45, 7) is 4.41. The van der Waals surface area contributed by atoms with Crippen molar-refractivity contribution in [3.63, 3.8) is 0 Å². The summed E-state index contributed by atoms with van der Waals surface area (Å²) in [5.74, 6) is 0.227. The van der Waals surface area contributed by atoms with Crippen LogP contribution in [0.25, 0.3) is 0 Å². The summed E-state index contributed by atoms with van der Waals surface area (Å²) < 4.78 is 85.0. The first-order chi connectivity index (χ1) is 17.7. The maximum atomic E-state index is 13.9. The number of nitrogens with zero attached hydrogens (tertiary/aromatic N) is 2. The van der Waals surface area contributed by atoms with Crippen molar-refractivity contribution in [3.8, 4) is 5.75 Å². The number of morpholine rings is 1. The number of hydrogen-bond donors (Lipinski definition) is 4. The van der Waals surface area contributed by atoms with Gasteiger partial charge in [-0.25, -0.2) is 13.4 Å². The number of anilines is 2. The second-order valence-electron chi connectivity index (χ2n) is 9.62. The Labute approximate surface area is 218 Å². The fourth-order valence-electron chi connectivity index (χ4n) is 4.54. The summed E-state index contributed by atoms with van der Waals surface area (Å²) in [6.07, 6.45) is -3.84. The predicted octanol–water partition coefficient (Wildman–Crippen LogP) is 2.74. The topological polar surface area (TPSA) is 143 Å². The fourth-order valence-corrected chi connectivity index (χ4v) is 5.96. The molecule has 3 heterocycles. The van der Waals surface area contributed by atoms with E-state index in [9.17, 15) is 21.6 Å². The van der Waals surface area contributed by atoms with Gasteiger partial charge in [-0.2, -0.15) is 17.5 Å². The first kappa shape index (κ1) is 28.2. The average Bonchev–Trinajstić information content (AvgIpc) is 3.30. The first-order valence-electron chi connectivity index (χ1n) is 11.7. The Morgan fingerprint density at radius 3 is 2.53 bits per heavy atom. The Hall–Kier alpha value is -2.85. The van der Waals surface area contributed by atoms with E-state index in [0.29, 0.717) is 18.9 Å². The van der Waals surface area contributed by atoms with E-state index in [1.54, 1.807) is 13.8 Å². The molecule has 210 valence electrons. The third-order valence-corrected chi connectivity index (χ3v) is 8.56. The van der Waals surface area contributed by atoms with Gasteiger partial charge in [-0.1, -0.05) is 13.8 Å². The van der Waals surface area contributed by atoms with Gasteiger partial charge in [0.05, 0.1) is 43.1 Å². The minimum absolute atomic E-state index is 0.0135. The van der Waals surface area contributed by atoms with Gasteiger partial charge in [-0.15, -0.1) is 0 Å². The average molecular weight is 561 g/mol. The molecule has 5 N–H and O–H groups in total. The van der Waals surface area contributed by atoms with Crippen molar-refractivity contribution in [2.75, 3.05) is 57.8 Å². The second kappa shape index (κ2) is 10.0. The molecule has 1 unspecified atom stereocenters. The molecule has 15 heteroatoms. The summed E-state index contributed by atoms with van der Waals surface area (Å²) >= 11 is 0. The number of hydrogen-bond acceptors (Lipinski definition) is 9. The van der Waals surface area contributed by atoms with E-state index in [-0.39, 0.29) is 47.7 Å². The highest BCUT2D eigenvalue weighted by atomic mass is 32.2. The van der Waals surface area contributed by atoms with Crippen molar-refractivity contribution in [2.45, 2.75) is 30.6 Å². The molecule has 1 aromatic carbocycles. The molecule has 0 spiro atoms. The van der Waals surface area contributed by atoms with Gasteiger partial charge in [0.15, 0.2) is 0 Å². The molecule has 4 rings (SSSR count). The SMILES string of the molecule is COCC(C)(C)C1(N)N=C(Nc2ccc(S(=O)(=O)N3CCOCC3)cc2OC)Nc2[nH]cc(C(F)(F)F)c21. The van der Waals surface area contributed by atoms with E-state index in [1.165, 1.54) is 36.7 Å². The number of H-pyrrole nitrogens is 1. The van der Waals surface area contributed by atoms with Crippen molar-refractivity contribution in [1.29, 1.82) is 0 Å². The number of guanidine groups is 1. The van der Waals surface area contributed by atoms with Gasteiger partial charge in [-0.3, -0.25) is 0 Å². The molecule has 1 atom stereocenters.